The number of thiophene rings is 1. The lowest BCUT2D eigenvalue weighted by Gasteiger charge is -2.15. The van der Waals surface area contributed by atoms with Gasteiger partial charge in [-0.2, -0.15) is 0 Å². The van der Waals surface area contributed by atoms with Crippen LogP contribution in [0.1, 0.15) is 42.0 Å². The van der Waals surface area contributed by atoms with Crippen LogP contribution in [0.15, 0.2) is 35.4 Å². The van der Waals surface area contributed by atoms with Crippen LogP contribution in [0.4, 0.5) is 5.69 Å². The second-order valence-electron chi connectivity index (χ2n) is 7.33. The van der Waals surface area contributed by atoms with Crippen molar-refractivity contribution in [3.63, 3.8) is 0 Å². The molecule has 3 rings (SSSR count). The third-order valence-electron chi connectivity index (χ3n) is 4.54. The average Bonchev–Trinajstić information content (AvgIpc) is 3.05. The Morgan fingerprint density at radius 2 is 1.97 bits per heavy atom. The van der Waals surface area contributed by atoms with Gasteiger partial charge in [-0.25, -0.2) is 9.78 Å². The van der Waals surface area contributed by atoms with Gasteiger partial charge in [0, 0.05) is 0 Å². The molecule has 2 heterocycles. The monoisotopic (exact) mass is 447 g/mol. The van der Waals surface area contributed by atoms with E-state index in [0.29, 0.717) is 38.0 Å². The van der Waals surface area contributed by atoms with Gasteiger partial charge >= 0.3 is 5.97 Å². The summed E-state index contributed by atoms with van der Waals surface area (Å²) in [6.45, 7) is 7.47. The molecule has 0 spiro atoms. The minimum absolute atomic E-state index is 0.205. The number of halogens is 1. The van der Waals surface area contributed by atoms with Gasteiger partial charge in [-0.05, 0) is 37.5 Å². The maximum atomic E-state index is 13.1. The van der Waals surface area contributed by atoms with E-state index in [0.717, 1.165) is 11.3 Å². The van der Waals surface area contributed by atoms with Crippen molar-refractivity contribution in [2.45, 2.75) is 33.7 Å². The van der Waals surface area contributed by atoms with E-state index in [2.05, 4.69) is 10.3 Å². The number of aryl methyl sites for hydroxylation is 1. The van der Waals surface area contributed by atoms with Crippen molar-refractivity contribution in [1.82, 2.24) is 9.55 Å². The van der Waals surface area contributed by atoms with Gasteiger partial charge in [-0.1, -0.05) is 37.6 Å². The number of carbonyl (C=O) groups excluding carboxylic acids is 2. The first-order chi connectivity index (χ1) is 14.2. The zero-order valence-electron chi connectivity index (χ0n) is 17.1. The van der Waals surface area contributed by atoms with Crippen LogP contribution in [-0.2, 0) is 9.53 Å². The molecule has 1 amide bonds. The Hall–Kier alpha value is -2.71. The summed E-state index contributed by atoms with van der Waals surface area (Å²) in [5, 5.41) is 3.44. The molecule has 0 saturated carbocycles. The van der Waals surface area contributed by atoms with Crippen molar-refractivity contribution < 1.29 is 14.3 Å². The van der Waals surface area contributed by atoms with Crippen LogP contribution in [0.5, 0.6) is 0 Å². The Balaban J connectivity index is 1.92. The van der Waals surface area contributed by atoms with Gasteiger partial charge in [-0.15, -0.1) is 11.3 Å². The largest absolute Gasteiger partial charge is 0.461 e. The van der Waals surface area contributed by atoms with Crippen LogP contribution in [-0.4, -0.2) is 28.0 Å². The number of para-hydroxylation sites is 1. The highest BCUT2D eigenvalue weighted by atomic mass is 35.5. The molecular weight excluding hydrogens is 426 g/mol. The van der Waals surface area contributed by atoms with Crippen molar-refractivity contribution in [2.75, 3.05) is 11.9 Å². The summed E-state index contributed by atoms with van der Waals surface area (Å²) in [6, 6.07) is 6.01. The smallest absolute Gasteiger partial charge is 0.348 e. The summed E-state index contributed by atoms with van der Waals surface area (Å²) in [7, 11) is 0. The first-order valence-corrected chi connectivity index (χ1v) is 10.6. The van der Waals surface area contributed by atoms with Crippen molar-refractivity contribution in [3.8, 4) is 0 Å². The quantitative estimate of drug-likeness (QED) is 0.564. The molecule has 7 nitrogen and oxygen atoms in total. The lowest BCUT2D eigenvalue weighted by Crippen LogP contribution is -2.31. The Labute approximate surface area is 182 Å². The SMILES string of the molecule is Cc1c(C(=O)OCC(C)C)sc2ncn(C(C)C(=O)Nc3ccccc3Cl)c(=O)c12. The minimum Gasteiger partial charge on any atom is -0.461 e. The van der Waals surface area contributed by atoms with E-state index in [1.807, 2.05) is 13.8 Å². The molecule has 30 heavy (non-hydrogen) atoms. The van der Waals surface area contributed by atoms with E-state index in [1.54, 1.807) is 38.1 Å². The second-order valence-corrected chi connectivity index (χ2v) is 8.74. The normalized spacial score (nSPS) is 12.2. The molecule has 0 aliphatic heterocycles. The van der Waals surface area contributed by atoms with Gasteiger partial charge in [-0.3, -0.25) is 14.2 Å². The molecule has 9 heteroatoms. The van der Waals surface area contributed by atoms with Crippen LogP contribution in [0.25, 0.3) is 10.2 Å². The number of rotatable bonds is 6. The molecule has 158 valence electrons. The fraction of sp³-hybridized carbons (Fsp3) is 0.333. The van der Waals surface area contributed by atoms with Crippen molar-refractivity contribution in [1.29, 1.82) is 0 Å². The van der Waals surface area contributed by atoms with Crippen LogP contribution in [0.3, 0.4) is 0 Å². The number of hydrogen-bond acceptors (Lipinski definition) is 6. The number of nitrogens with zero attached hydrogens (tertiary/aromatic N) is 2. The number of esters is 1. The molecule has 0 radical (unpaired) electrons. The highest BCUT2D eigenvalue weighted by Gasteiger charge is 2.24. The summed E-state index contributed by atoms with van der Waals surface area (Å²) in [4.78, 5) is 43.2. The van der Waals surface area contributed by atoms with Crippen LogP contribution >= 0.6 is 22.9 Å². The molecule has 2 aromatic heterocycles. The predicted octanol–water partition coefficient (Wildman–Crippen LogP) is 4.43. The molecule has 3 aromatic rings. The Morgan fingerprint density at radius 1 is 1.27 bits per heavy atom. The molecule has 0 aliphatic carbocycles. The number of amides is 1. The zero-order valence-corrected chi connectivity index (χ0v) is 18.6. The van der Waals surface area contributed by atoms with Crippen molar-refractivity contribution in [2.24, 2.45) is 5.92 Å². The van der Waals surface area contributed by atoms with E-state index in [-0.39, 0.29) is 5.92 Å². The van der Waals surface area contributed by atoms with Gasteiger partial charge in [0.2, 0.25) is 5.91 Å². The molecule has 0 saturated heterocycles. The lowest BCUT2D eigenvalue weighted by molar-refractivity contribution is -0.118. The van der Waals surface area contributed by atoms with E-state index < -0.39 is 23.5 Å². The van der Waals surface area contributed by atoms with Crippen molar-refractivity contribution in [3.05, 3.63) is 56.4 Å². The third kappa shape index (κ3) is 4.39. The molecule has 0 bridgehead atoms. The third-order valence-corrected chi connectivity index (χ3v) is 6.05. The highest BCUT2D eigenvalue weighted by Crippen LogP contribution is 2.28. The summed E-state index contributed by atoms with van der Waals surface area (Å²) in [6.07, 6.45) is 1.32. The highest BCUT2D eigenvalue weighted by molar-refractivity contribution is 7.20. The molecular formula is C21H22ClN3O4S. The molecule has 0 aliphatic rings. The van der Waals surface area contributed by atoms with Gasteiger partial charge in [0.15, 0.2) is 0 Å². The van der Waals surface area contributed by atoms with Gasteiger partial charge < -0.3 is 10.1 Å². The molecule has 1 N–H and O–H groups in total. The molecule has 1 aromatic carbocycles. The summed E-state index contributed by atoms with van der Waals surface area (Å²) in [5.41, 5.74) is 0.577. The van der Waals surface area contributed by atoms with E-state index in [1.165, 1.54) is 10.9 Å². The topological polar surface area (TPSA) is 90.3 Å². The number of ether oxygens (including phenoxy) is 1. The van der Waals surface area contributed by atoms with Crippen LogP contribution in [0, 0.1) is 12.8 Å². The lowest BCUT2D eigenvalue weighted by atomic mass is 10.2. The van der Waals surface area contributed by atoms with E-state index in [9.17, 15) is 14.4 Å². The Morgan fingerprint density at radius 3 is 2.63 bits per heavy atom. The summed E-state index contributed by atoms with van der Waals surface area (Å²) >= 11 is 7.20. The fourth-order valence-corrected chi connectivity index (χ4v) is 4.06. The zero-order chi connectivity index (χ0) is 22.0. The van der Waals surface area contributed by atoms with E-state index in [4.69, 9.17) is 16.3 Å². The minimum atomic E-state index is -0.832. The standard InChI is InChI=1S/C21H22ClN3O4S/c1-11(2)9-29-21(28)17-12(3)16-19(30-17)23-10-25(20(16)27)13(4)18(26)24-15-8-6-5-7-14(15)22/h5-8,10-11,13H,9H2,1-4H3,(H,24,26). The first-order valence-electron chi connectivity index (χ1n) is 9.43. The Bertz CT molecular complexity index is 1170. The number of anilines is 1. The number of carbonyl (C=O) groups is 2. The maximum Gasteiger partial charge on any atom is 0.348 e. The van der Waals surface area contributed by atoms with Crippen LogP contribution in [0.2, 0.25) is 5.02 Å². The van der Waals surface area contributed by atoms with E-state index >= 15 is 0 Å². The molecule has 0 fully saturated rings. The fourth-order valence-electron chi connectivity index (χ4n) is 2.84. The Kier molecular flexibility index (Phi) is 6.58. The van der Waals surface area contributed by atoms with Crippen LogP contribution < -0.4 is 10.9 Å². The summed E-state index contributed by atoms with van der Waals surface area (Å²) in [5.74, 6) is -0.674. The predicted molar refractivity (Wildman–Crippen MR) is 119 cm³/mol. The molecule has 1 unspecified atom stereocenters. The van der Waals surface area contributed by atoms with Gasteiger partial charge in [0.25, 0.3) is 5.56 Å². The summed E-state index contributed by atoms with van der Waals surface area (Å²) < 4.78 is 6.54. The number of aromatic nitrogens is 2. The molecule has 1 atom stereocenters. The van der Waals surface area contributed by atoms with Gasteiger partial charge in [0.05, 0.1) is 29.0 Å². The first kappa shape index (κ1) is 22.0. The van der Waals surface area contributed by atoms with Gasteiger partial charge in [0.1, 0.15) is 15.7 Å². The average molecular weight is 448 g/mol. The van der Waals surface area contributed by atoms with Crippen molar-refractivity contribution >= 4 is 50.7 Å². The number of nitrogens with one attached hydrogen (secondary N) is 1. The number of fused-ring (bicyclic) bond motifs is 1. The number of hydrogen-bond donors (Lipinski definition) is 1. The number of benzene rings is 1. The maximum absolute atomic E-state index is 13.1. The second kappa shape index (κ2) is 8.97.